The molecule has 91 heavy (non-hydrogen) atoms. The number of fused-ring (bicyclic) bond motifs is 6. The fourth-order valence-corrected chi connectivity index (χ4v) is 12.8. The third kappa shape index (κ3) is 12.5. The van der Waals surface area contributed by atoms with E-state index in [4.69, 9.17) is 42.0 Å². The molecule has 6 saturated heterocycles. The summed E-state index contributed by atoms with van der Waals surface area (Å²) in [5.41, 5.74) is 6.24. The van der Waals surface area contributed by atoms with Crippen molar-refractivity contribution in [2.45, 2.75) is 98.6 Å². The molecule has 8 aliphatic rings. The number of methoxy groups -OCH3 is 2. The van der Waals surface area contributed by atoms with Crippen molar-refractivity contribution in [2.75, 3.05) is 63.4 Å². The van der Waals surface area contributed by atoms with Crippen molar-refractivity contribution in [2.24, 2.45) is 0 Å². The number of piperidine rings is 2. The molecule has 460 valence electrons. The number of rotatable bonds is 17. The third-order valence-corrected chi connectivity index (χ3v) is 18.7. The Morgan fingerprint density at radius 3 is 1.55 bits per heavy atom. The average Bonchev–Trinajstić information content (AvgIpc) is 1.73. The molecule has 8 aromatic heterocycles. The molecule has 6 aliphatic heterocycles. The number of hydrogen-bond acceptors (Lipinski definition) is 19. The Balaban J connectivity index is 0.000000140. The van der Waals surface area contributed by atoms with Gasteiger partial charge in [0.05, 0.1) is 66.1 Å². The first-order valence-electron chi connectivity index (χ1n) is 31.6. The molecule has 0 radical (unpaired) electrons. The van der Waals surface area contributed by atoms with Crippen LogP contribution in [0.3, 0.4) is 0 Å². The maximum absolute atomic E-state index is 11.8. The van der Waals surface area contributed by atoms with E-state index >= 15 is 0 Å². The number of ether oxygens (including phenoxy) is 3. The van der Waals surface area contributed by atoms with Gasteiger partial charge in [0.1, 0.15) is 41.9 Å². The van der Waals surface area contributed by atoms with Crippen LogP contribution in [0.2, 0.25) is 0 Å². The molecular weight excluding hydrogens is 1170 g/mol. The largest absolute Gasteiger partial charge is 0.506 e. The molecule has 1 N–H and O–H groups in total. The highest BCUT2D eigenvalue weighted by atomic mass is 32.2. The summed E-state index contributed by atoms with van der Waals surface area (Å²) in [4.78, 5) is 33.4. The van der Waals surface area contributed by atoms with Gasteiger partial charge >= 0.3 is 0 Å². The van der Waals surface area contributed by atoms with E-state index in [1.165, 1.54) is 36.2 Å². The lowest BCUT2D eigenvalue weighted by molar-refractivity contribution is -0.00879. The van der Waals surface area contributed by atoms with Gasteiger partial charge in [-0.3, -0.25) is 14.0 Å². The lowest BCUT2D eigenvalue weighted by Gasteiger charge is -2.56. The molecule has 4 bridgehead atoms. The summed E-state index contributed by atoms with van der Waals surface area (Å²) in [7, 11) is -0.642. The summed E-state index contributed by atoms with van der Waals surface area (Å²) in [6.45, 7) is 16.0. The predicted octanol–water partition coefficient (Wildman–Crippen LogP) is 8.96. The highest BCUT2D eigenvalue weighted by molar-refractivity contribution is 7.86. The van der Waals surface area contributed by atoms with Crippen molar-refractivity contribution in [3.8, 4) is 57.7 Å². The van der Waals surface area contributed by atoms with E-state index in [9.17, 15) is 24.0 Å². The second-order valence-corrected chi connectivity index (χ2v) is 25.2. The number of piperazine rings is 2. The van der Waals surface area contributed by atoms with Crippen LogP contribution in [0, 0.1) is 42.7 Å². The van der Waals surface area contributed by atoms with E-state index in [1.54, 1.807) is 91.3 Å². The maximum Gasteiger partial charge on any atom is 0.297 e. The Hall–Kier alpha value is -10.2. The van der Waals surface area contributed by atoms with Gasteiger partial charge in [0.15, 0.2) is 6.61 Å². The van der Waals surface area contributed by atoms with Crippen LogP contribution < -0.4 is 24.0 Å². The first kappa shape index (κ1) is 54.9. The normalized spacial score (nSPS) is 20.7. The Labute approximate surface area is 532 Å². The number of hydrogen-bond donors (Lipinski definition) is 1. The molecular formula is C67H64N16O7S. The predicted molar refractivity (Wildman–Crippen MR) is 336 cm³/mol. The topological polar surface area (TPSA) is 247 Å². The molecule has 17 rings (SSSR count). The molecule has 8 fully saturated rings. The molecule has 23 nitrogen and oxygen atoms in total. The Morgan fingerprint density at radius 2 is 1.12 bits per heavy atom. The molecule has 4 atom stereocenters. The fraction of sp³-hybridized carbons (Fsp3) is 0.343. The summed E-state index contributed by atoms with van der Waals surface area (Å²) < 4.78 is 83.2. The standard InChI is InChI=1S/C30H28N8O2.C25H23N7O2.C12H13NO3S/c1-32-30(7-8-30)19-40-25-10-26(29-22(11-31)14-35-38(29)18-25)21-4-5-27(33-13-21)36-16-23-9-24(17-36)37(23)15-20-3-6-28(39-2)34-12-20;1-34-24-5-2-16(9-28-24)12-31-19-6-20(31)14-30(13-19)23-4-3-17(10-27-23)22-7-21(33)15-32-25(22)18(8-26)11-29-32;1-10-3-5-11(6-4-10)17(14,15)16-9-12(13-2)7-8-12/h3-6,10,12-14,18,23-24H,7-9,15-17,19H2,2H3;2-5,7,9-11,15,19-20,33H,6,12-14H2,1H3;3-6H,7-9H2,1H3/i15D2;12D2;. The first-order valence-corrected chi connectivity index (χ1v) is 31.0. The number of nitrogens with zero attached hydrogens (tertiary/aromatic N) is 16. The summed E-state index contributed by atoms with van der Waals surface area (Å²) in [6, 6.07) is 29.2. The molecule has 2 aliphatic carbocycles. The van der Waals surface area contributed by atoms with Gasteiger partial charge in [0, 0.05) is 154 Å². The number of benzene rings is 1. The van der Waals surface area contributed by atoms with Gasteiger partial charge in [0.25, 0.3) is 21.2 Å². The zero-order chi connectivity index (χ0) is 66.6. The number of aryl methyl sites for hydroxylation is 1. The molecule has 14 heterocycles. The van der Waals surface area contributed by atoms with Crippen molar-refractivity contribution in [1.82, 2.24) is 49.0 Å². The van der Waals surface area contributed by atoms with E-state index in [1.807, 2.05) is 47.1 Å². The monoisotopic (exact) mass is 1240 g/mol. The van der Waals surface area contributed by atoms with Crippen LogP contribution in [0.4, 0.5) is 11.6 Å². The number of anilines is 2. The number of pyridine rings is 6. The Morgan fingerprint density at radius 1 is 0.637 bits per heavy atom. The van der Waals surface area contributed by atoms with Crippen molar-refractivity contribution < 1.29 is 37.4 Å². The zero-order valence-corrected chi connectivity index (χ0v) is 50.8. The molecule has 4 unspecified atom stereocenters. The minimum atomic E-state index is -3.72. The van der Waals surface area contributed by atoms with Gasteiger partial charge in [-0.1, -0.05) is 29.8 Å². The van der Waals surface area contributed by atoms with E-state index in [0.29, 0.717) is 89.1 Å². The lowest BCUT2D eigenvalue weighted by atomic mass is 9.87. The summed E-state index contributed by atoms with van der Waals surface area (Å²) in [5.74, 6) is 3.19. The van der Waals surface area contributed by atoms with Gasteiger partial charge in [0.2, 0.25) is 11.8 Å². The van der Waals surface area contributed by atoms with E-state index in [-0.39, 0.29) is 41.4 Å². The lowest BCUT2D eigenvalue weighted by Crippen LogP contribution is -2.68. The Kier molecular flexibility index (Phi) is 14.9. The van der Waals surface area contributed by atoms with Crippen molar-refractivity contribution in [1.29, 1.82) is 10.5 Å². The van der Waals surface area contributed by atoms with E-state index in [2.05, 4.69) is 56.8 Å². The van der Waals surface area contributed by atoms with Gasteiger partial charge in [-0.05, 0) is 79.4 Å². The van der Waals surface area contributed by atoms with Crippen molar-refractivity contribution >= 4 is 32.8 Å². The van der Waals surface area contributed by atoms with Crippen LogP contribution in [0.15, 0.2) is 139 Å². The third-order valence-electron chi connectivity index (χ3n) is 17.4. The maximum atomic E-state index is 11.8. The smallest absolute Gasteiger partial charge is 0.297 e. The quantitative estimate of drug-likeness (QED) is 0.0660. The molecule has 0 amide bonds. The minimum Gasteiger partial charge on any atom is -0.506 e. The van der Waals surface area contributed by atoms with Crippen LogP contribution >= 0.6 is 0 Å². The molecule has 1 aromatic carbocycles. The fourth-order valence-electron chi connectivity index (χ4n) is 11.8. The second-order valence-electron chi connectivity index (χ2n) is 23.5. The van der Waals surface area contributed by atoms with Crippen LogP contribution in [0.25, 0.3) is 43.0 Å². The van der Waals surface area contributed by atoms with Crippen LogP contribution in [-0.4, -0.2) is 151 Å². The van der Waals surface area contributed by atoms with E-state index in [0.717, 1.165) is 72.4 Å². The SMILES string of the molecule is [2H]C([2H])(c1ccc(OC)nc1)N1C2CC1CN(c1ccc(-c3cc(O)cn4ncc(C#N)c34)cn1)C2.[2H]C([2H])(c1ccc(OC)nc1)N1C2CC1CN(c1ccc(-c3cc(OCC4([N+]#[C-])CC4)cn4ncc(C#N)c34)cn1)C2.[C-]#[N+]C1(COS(=O)(=O)c2ccc(C)cc2)CC1. The van der Waals surface area contributed by atoms with Crippen molar-refractivity contribution in [3.05, 3.63) is 185 Å². The summed E-state index contributed by atoms with van der Waals surface area (Å²) in [6.07, 6.45) is 17.9. The van der Waals surface area contributed by atoms with Crippen LogP contribution in [0.1, 0.15) is 71.8 Å². The van der Waals surface area contributed by atoms with E-state index < -0.39 is 34.2 Å². The summed E-state index contributed by atoms with van der Waals surface area (Å²) in [5, 5.41) is 37.8. The highest BCUT2D eigenvalue weighted by Gasteiger charge is 2.53. The number of aromatic nitrogens is 8. The molecule has 24 heteroatoms. The minimum absolute atomic E-state index is 0.0350. The van der Waals surface area contributed by atoms with Crippen LogP contribution in [0.5, 0.6) is 23.3 Å². The average molecular weight is 1240 g/mol. The molecule has 0 spiro atoms. The Bertz CT molecular complexity index is 4640. The first-order chi connectivity index (χ1) is 45.7. The van der Waals surface area contributed by atoms with Crippen LogP contribution in [-0.2, 0) is 27.3 Å². The highest BCUT2D eigenvalue weighted by Crippen LogP contribution is 2.43. The second kappa shape index (κ2) is 24.6. The van der Waals surface area contributed by atoms with Gasteiger partial charge in [-0.15, -0.1) is 0 Å². The van der Waals surface area contributed by atoms with Gasteiger partial charge < -0.3 is 38.8 Å². The number of aromatic hydroxyl groups is 1. The molecule has 2 saturated carbocycles. The summed E-state index contributed by atoms with van der Waals surface area (Å²) >= 11 is 0. The van der Waals surface area contributed by atoms with Crippen molar-refractivity contribution in [3.63, 3.8) is 0 Å². The molecule has 9 aromatic rings. The number of nitriles is 2. The van der Waals surface area contributed by atoms with Gasteiger partial charge in [-0.2, -0.15) is 29.1 Å². The zero-order valence-electron chi connectivity index (χ0n) is 54.0. The van der Waals surface area contributed by atoms with Gasteiger partial charge in [-0.25, -0.2) is 42.1 Å².